The molecule has 1 aliphatic heterocycles. The molecule has 0 bridgehead atoms. The predicted molar refractivity (Wildman–Crippen MR) is 115 cm³/mol. The van der Waals surface area contributed by atoms with E-state index in [1.807, 2.05) is 43.3 Å². The van der Waals surface area contributed by atoms with Crippen molar-refractivity contribution in [1.29, 1.82) is 0 Å². The van der Waals surface area contributed by atoms with E-state index in [0.717, 1.165) is 16.7 Å². The lowest BCUT2D eigenvalue weighted by atomic mass is 9.99. The summed E-state index contributed by atoms with van der Waals surface area (Å²) in [6, 6.07) is 16.4. The second-order valence-corrected chi connectivity index (χ2v) is 7.46. The molecule has 0 unspecified atom stereocenters. The summed E-state index contributed by atoms with van der Waals surface area (Å²) in [5.74, 6) is -0.187. The summed E-state index contributed by atoms with van der Waals surface area (Å²) in [5.41, 5.74) is 3.40. The zero-order chi connectivity index (χ0) is 21.1. The Morgan fingerprint density at radius 3 is 2.70 bits per heavy atom. The number of anilines is 1. The summed E-state index contributed by atoms with van der Waals surface area (Å²) in [4.78, 5) is 31.0. The first kappa shape index (κ1) is 19.9. The molecule has 30 heavy (non-hydrogen) atoms. The smallest absolute Gasteiger partial charge is 0.265 e. The van der Waals surface area contributed by atoms with Crippen LogP contribution < -0.4 is 15.0 Å². The van der Waals surface area contributed by atoms with Gasteiger partial charge in [0.05, 0.1) is 16.8 Å². The number of nitrogens with one attached hydrogen (secondary N) is 1. The van der Waals surface area contributed by atoms with Gasteiger partial charge in [-0.3, -0.25) is 19.5 Å². The second-order valence-electron chi connectivity index (χ2n) is 7.05. The summed E-state index contributed by atoms with van der Waals surface area (Å²) in [6.07, 6.45) is 3.41. The Morgan fingerprint density at radius 1 is 1.17 bits per heavy atom. The first-order valence-electron chi connectivity index (χ1n) is 9.50. The molecule has 0 aliphatic carbocycles. The average molecular weight is 422 g/mol. The fourth-order valence-corrected chi connectivity index (χ4v) is 3.61. The minimum atomic E-state index is -0.387. The third-order valence-corrected chi connectivity index (χ3v) is 5.21. The number of hydrogen-bond acceptors (Lipinski definition) is 4. The Morgan fingerprint density at radius 2 is 1.97 bits per heavy atom. The van der Waals surface area contributed by atoms with Crippen LogP contribution in [-0.4, -0.2) is 29.9 Å². The van der Waals surface area contributed by atoms with Gasteiger partial charge in [-0.2, -0.15) is 0 Å². The number of benzene rings is 2. The highest BCUT2D eigenvalue weighted by Gasteiger charge is 2.29. The SMILES string of the molecule is Cc1ccc([C@@H](NC(=O)CN2C(=O)COc3c(Cl)cccc32)c2cccnc2)cc1. The fourth-order valence-electron chi connectivity index (χ4n) is 3.39. The zero-order valence-corrected chi connectivity index (χ0v) is 17.1. The highest BCUT2D eigenvalue weighted by Crippen LogP contribution is 2.38. The van der Waals surface area contributed by atoms with Crippen molar-refractivity contribution in [2.75, 3.05) is 18.1 Å². The lowest BCUT2D eigenvalue weighted by Gasteiger charge is -2.30. The molecule has 4 rings (SSSR count). The van der Waals surface area contributed by atoms with E-state index in [2.05, 4.69) is 10.3 Å². The van der Waals surface area contributed by atoms with Crippen LogP contribution in [0.25, 0.3) is 0 Å². The molecule has 0 spiro atoms. The minimum Gasteiger partial charge on any atom is -0.480 e. The number of carbonyl (C=O) groups is 2. The van der Waals surface area contributed by atoms with Crippen LogP contribution in [0, 0.1) is 6.92 Å². The molecular formula is C23H20ClN3O3. The second kappa shape index (κ2) is 8.55. The van der Waals surface area contributed by atoms with Gasteiger partial charge in [0, 0.05) is 12.4 Å². The number of aryl methyl sites for hydroxylation is 1. The van der Waals surface area contributed by atoms with E-state index in [-0.39, 0.29) is 31.0 Å². The van der Waals surface area contributed by atoms with Crippen LogP contribution in [0.3, 0.4) is 0 Å². The van der Waals surface area contributed by atoms with Gasteiger partial charge in [0.2, 0.25) is 5.91 Å². The summed E-state index contributed by atoms with van der Waals surface area (Å²) in [5, 5.41) is 3.44. The van der Waals surface area contributed by atoms with E-state index in [1.54, 1.807) is 30.6 Å². The number of hydrogen-bond donors (Lipinski definition) is 1. The van der Waals surface area contributed by atoms with Gasteiger partial charge in [0.15, 0.2) is 12.4 Å². The van der Waals surface area contributed by atoms with E-state index in [9.17, 15) is 9.59 Å². The molecule has 2 heterocycles. The Balaban J connectivity index is 1.59. The van der Waals surface area contributed by atoms with E-state index >= 15 is 0 Å². The molecular weight excluding hydrogens is 402 g/mol. The summed E-state index contributed by atoms with van der Waals surface area (Å²) in [7, 11) is 0. The number of fused-ring (bicyclic) bond motifs is 1. The lowest BCUT2D eigenvalue weighted by molar-refractivity contribution is -0.125. The van der Waals surface area contributed by atoms with Crippen molar-refractivity contribution in [1.82, 2.24) is 10.3 Å². The van der Waals surface area contributed by atoms with Crippen LogP contribution in [0.1, 0.15) is 22.7 Å². The zero-order valence-electron chi connectivity index (χ0n) is 16.3. The number of halogens is 1. The molecule has 2 aromatic carbocycles. The Kier molecular flexibility index (Phi) is 5.68. The third-order valence-electron chi connectivity index (χ3n) is 4.91. The number of nitrogens with zero attached hydrogens (tertiary/aromatic N) is 2. The van der Waals surface area contributed by atoms with Gasteiger partial charge in [-0.1, -0.05) is 53.6 Å². The van der Waals surface area contributed by atoms with Gasteiger partial charge in [-0.05, 0) is 36.2 Å². The predicted octanol–water partition coefficient (Wildman–Crippen LogP) is 3.67. The first-order valence-corrected chi connectivity index (χ1v) is 9.88. The summed E-state index contributed by atoms with van der Waals surface area (Å²) < 4.78 is 5.45. The van der Waals surface area contributed by atoms with Crippen LogP contribution in [0.5, 0.6) is 5.75 Å². The van der Waals surface area contributed by atoms with Crippen molar-refractivity contribution in [3.8, 4) is 5.75 Å². The van der Waals surface area contributed by atoms with Crippen molar-refractivity contribution in [3.63, 3.8) is 0 Å². The molecule has 0 radical (unpaired) electrons. The maximum atomic E-state index is 13.0. The first-order chi connectivity index (χ1) is 14.5. The standard InChI is InChI=1S/C23H20ClN3O3/c1-15-7-9-16(10-8-15)22(17-4-3-11-25-12-17)26-20(28)13-27-19-6-2-5-18(24)23(19)30-14-21(27)29/h2-12,22H,13-14H2,1H3,(H,26,28)/t22-/m1/s1. The van der Waals surface area contributed by atoms with E-state index in [4.69, 9.17) is 16.3 Å². The average Bonchev–Trinajstić information content (AvgIpc) is 2.76. The topological polar surface area (TPSA) is 71.5 Å². The molecule has 6 nitrogen and oxygen atoms in total. The number of amides is 2. The van der Waals surface area contributed by atoms with E-state index < -0.39 is 0 Å². The van der Waals surface area contributed by atoms with E-state index in [1.165, 1.54) is 4.90 Å². The normalized spacial score (nSPS) is 13.9. The fraction of sp³-hybridized carbons (Fsp3) is 0.174. The van der Waals surface area contributed by atoms with E-state index in [0.29, 0.717) is 16.5 Å². The molecule has 1 aromatic heterocycles. The van der Waals surface area contributed by atoms with Crippen LogP contribution in [0.15, 0.2) is 67.0 Å². The quantitative estimate of drug-likeness (QED) is 0.682. The summed E-state index contributed by atoms with van der Waals surface area (Å²) in [6.45, 7) is 1.71. The van der Waals surface area contributed by atoms with Gasteiger partial charge in [0.25, 0.3) is 5.91 Å². The minimum absolute atomic E-state index is 0.141. The van der Waals surface area contributed by atoms with Gasteiger partial charge < -0.3 is 10.1 Å². The van der Waals surface area contributed by atoms with Gasteiger partial charge in [-0.15, -0.1) is 0 Å². The molecule has 0 fully saturated rings. The lowest BCUT2D eigenvalue weighted by Crippen LogP contribution is -2.46. The van der Waals surface area contributed by atoms with Crippen LogP contribution in [-0.2, 0) is 9.59 Å². The van der Waals surface area contributed by atoms with Crippen LogP contribution >= 0.6 is 11.6 Å². The number of pyridine rings is 1. The van der Waals surface area contributed by atoms with Crippen molar-refractivity contribution in [2.45, 2.75) is 13.0 Å². The third kappa shape index (κ3) is 4.14. The van der Waals surface area contributed by atoms with Crippen molar-refractivity contribution < 1.29 is 14.3 Å². The highest BCUT2D eigenvalue weighted by atomic mass is 35.5. The van der Waals surface area contributed by atoms with Crippen molar-refractivity contribution >= 4 is 29.1 Å². The van der Waals surface area contributed by atoms with Gasteiger partial charge in [0.1, 0.15) is 6.54 Å². The Bertz CT molecular complexity index is 1070. The molecule has 1 aliphatic rings. The van der Waals surface area contributed by atoms with Crippen molar-refractivity contribution in [2.24, 2.45) is 0 Å². The molecule has 1 N–H and O–H groups in total. The van der Waals surface area contributed by atoms with Crippen LogP contribution in [0.4, 0.5) is 5.69 Å². The molecule has 0 saturated heterocycles. The van der Waals surface area contributed by atoms with Gasteiger partial charge in [-0.25, -0.2) is 0 Å². The number of ether oxygens (including phenoxy) is 1. The number of rotatable bonds is 5. The van der Waals surface area contributed by atoms with Crippen molar-refractivity contribution in [3.05, 3.63) is 88.7 Å². The Labute approximate surface area is 179 Å². The molecule has 0 saturated carbocycles. The highest BCUT2D eigenvalue weighted by molar-refractivity contribution is 6.32. The number of para-hydroxylation sites is 1. The molecule has 1 atom stereocenters. The van der Waals surface area contributed by atoms with Crippen LogP contribution in [0.2, 0.25) is 5.02 Å². The van der Waals surface area contributed by atoms with Gasteiger partial charge >= 0.3 is 0 Å². The molecule has 2 amide bonds. The molecule has 152 valence electrons. The molecule has 3 aromatic rings. The monoisotopic (exact) mass is 421 g/mol. The Hall–Kier alpha value is -3.38. The maximum Gasteiger partial charge on any atom is 0.265 e. The number of aromatic nitrogens is 1. The molecule has 7 heteroatoms. The maximum absolute atomic E-state index is 13.0. The summed E-state index contributed by atoms with van der Waals surface area (Å²) >= 11 is 6.18. The largest absolute Gasteiger partial charge is 0.480 e. The number of carbonyl (C=O) groups excluding carboxylic acids is 2.